The number of benzene rings is 3. The minimum atomic E-state index is -0.502. The van der Waals surface area contributed by atoms with E-state index in [0.29, 0.717) is 32.1 Å². The number of anilines is 1. The summed E-state index contributed by atoms with van der Waals surface area (Å²) < 4.78 is 5.73. The van der Waals surface area contributed by atoms with Crippen LogP contribution >= 0.6 is 34.8 Å². The number of amides is 1. The van der Waals surface area contributed by atoms with Crippen LogP contribution in [0.4, 0.5) is 5.69 Å². The van der Waals surface area contributed by atoms with Crippen molar-refractivity contribution in [2.75, 3.05) is 5.32 Å². The Hall–Kier alpha value is -2.97. The van der Waals surface area contributed by atoms with Crippen LogP contribution in [0.1, 0.15) is 11.1 Å². The first-order valence-corrected chi connectivity index (χ1v) is 9.93. The number of ether oxygens (including phenoxy) is 1. The molecular formula is C23H15Cl3N2O2. The van der Waals surface area contributed by atoms with Crippen molar-refractivity contribution in [3.05, 3.63) is 98.5 Å². The molecule has 30 heavy (non-hydrogen) atoms. The van der Waals surface area contributed by atoms with Crippen LogP contribution in [0.15, 0.2) is 72.3 Å². The molecular weight excluding hydrogens is 443 g/mol. The Morgan fingerprint density at radius 3 is 2.27 bits per heavy atom. The Kier molecular flexibility index (Phi) is 7.37. The fourth-order valence-electron chi connectivity index (χ4n) is 2.51. The van der Waals surface area contributed by atoms with E-state index in [4.69, 9.17) is 39.5 Å². The van der Waals surface area contributed by atoms with E-state index >= 15 is 0 Å². The van der Waals surface area contributed by atoms with E-state index in [1.54, 1.807) is 66.7 Å². The third kappa shape index (κ3) is 6.01. The van der Waals surface area contributed by atoms with E-state index in [9.17, 15) is 10.1 Å². The average molecular weight is 458 g/mol. The van der Waals surface area contributed by atoms with Gasteiger partial charge in [-0.05, 0) is 60.2 Å². The first-order valence-electron chi connectivity index (χ1n) is 8.80. The van der Waals surface area contributed by atoms with Gasteiger partial charge < -0.3 is 10.1 Å². The lowest BCUT2D eigenvalue weighted by Gasteiger charge is -2.08. The van der Waals surface area contributed by atoms with E-state index in [1.165, 1.54) is 6.08 Å². The second-order valence-electron chi connectivity index (χ2n) is 6.22. The van der Waals surface area contributed by atoms with Gasteiger partial charge in [0.25, 0.3) is 5.91 Å². The van der Waals surface area contributed by atoms with Crippen molar-refractivity contribution in [3.63, 3.8) is 0 Å². The summed E-state index contributed by atoms with van der Waals surface area (Å²) in [5.74, 6) is 0.125. The molecule has 0 radical (unpaired) electrons. The van der Waals surface area contributed by atoms with Crippen molar-refractivity contribution >= 4 is 52.5 Å². The van der Waals surface area contributed by atoms with E-state index in [-0.39, 0.29) is 12.2 Å². The molecule has 0 fully saturated rings. The summed E-state index contributed by atoms with van der Waals surface area (Å²) in [6, 6.07) is 20.8. The third-order valence-electron chi connectivity index (χ3n) is 4.07. The summed E-state index contributed by atoms with van der Waals surface area (Å²) in [7, 11) is 0. The second kappa shape index (κ2) is 10.2. The molecule has 0 aliphatic heterocycles. The van der Waals surface area contributed by atoms with Crippen molar-refractivity contribution in [1.82, 2.24) is 0 Å². The lowest BCUT2D eigenvalue weighted by Crippen LogP contribution is -2.13. The van der Waals surface area contributed by atoms with E-state index in [1.807, 2.05) is 6.07 Å². The van der Waals surface area contributed by atoms with E-state index in [0.717, 1.165) is 5.56 Å². The van der Waals surface area contributed by atoms with E-state index < -0.39 is 5.91 Å². The fourth-order valence-corrected chi connectivity index (χ4v) is 3.10. The van der Waals surface area contributed by atoms with Crippen LogP contribution in [-0.2, 0) is 11.4 Å². The Morgan fingerprint density at radius 1 is 0.967 bits per heavy atom. The molecule has 0 aliphatic carbocycles. The van der Waals surface area contributed by atoms with Gasteiger partial charge in [0.2, 0.25) is 0 Å². The molecule has 1 amide bonds. The number of hydrogen-bond acceptors (Lipinski definition) is 3. The molecule has 4 nitrogen and oxygen atoms in total. The Balaban J connectivity index is 1.65. The van der Waals surface area contributed by atoms with Crippen LogP contribution in [-0.4, -0.2) is 5.91 Å². The smallest absolute Gasteiger partial charge is 0.266 e. The summed E-state index contributed by atoms with van der Waals surface area (Å²) in [6.45, 7) is 0.290. The molecule has 0 saturated carbocycles. The molecule has 0 spiro atoms. The van der Waals surface area contributed by atoms with Crippen LogP contribution < -0.4 is 10.1 Å². The number of hydrogen-bond donors (Lipinski definition) is 1. The van der Waals surface area contributed by atoms with Gasteiger partial charge in [0.15, 0.2) is 0 Å². The molecule has 3 rings (SSSR count). The quantitative estimate of drug-likeness (QED) is 0.328. The van der Waals surface area contributed by atoms with Crippen LogP contribution in [0.25, 0.3) is 6.08 Å². The SMILES string of the molecule is N#C/C(=C/c1ccc(OCc2ccc(Cl)cc2Cl)cc1)C(=O)Nc1ccc(Cl)cc1. The molecule has 3 aromatic carbocycles. The zero-order chi connectivity index (χ0) is 21.5. The lowest BCUT2D eigenvalue weighted by molar-refractivity contribution is -0.112. The first kappa shape index (κ1) is 21.7. The summed E-state index contributed by atoms with van der Waals surface area (Å²) in [5, 5.41) is 13.7. The molecule has 0 bridgehead atoms. The summed E-state index contributed by atoms with van der Waals surface area (Å²) in [5.41, 5.74) is 2.03. The third-order valence-corrected chi connectivity index (χ3v) is 4.91. The lowest BCUT2D eigenvalue weighted by atomic mass is 10.1. The predicted octanol–water partition coefficient (Wildman–Crippen LogP) is 6.77. The monoisotopic (exact) mass is 456 g/mol. The molecule has 0 atom stereocenters. The molecule has 0 unspecified atom stereocenters. The number of carbonyl (C=O) groups excluding carboxylic acids is 1. The van der Waals surface area contributed by atoms with Crippen molar-refractivity contribution in [1.29, 1.82) is 5.26 Å². The molecule has 150 valence electrons. The Labute approximate surface area is 189 Å². The zero-order valence-corrected chi connectivity index (χ0v) is 17.8. The standard InChI is InChI=1S/C23H15Cl3N2O2/c24-18-5-7-20(8-6-18)28-23(29)17(13-27)11-15-1-9-21(10-2-15)30-14-16-3-4-19(25)12-22(16)26/h1-12H,14H2,(H,28,29)/b17-11-. The molecule has 1 N–H and O–H groups in total. The van der Waals surface area contributed by atoms with Gasteiger partial charge in [-0.2, -0.15) is 5.26 Å². The van der Waals surface area contributed by atoms with Crippen molar-refractivity contribution in [3.8, 4) is 11.8 Å². The average Bonchev–Trinajstić information content (AvgIpc) is 2.74. The van der Waals surface area contributed by atoms with Gasteiger partial charge in [-0.1, -0.05) is 53.0 Å². The van der Waals surface area contributed by atoms with Crippen molar-refractivity contribution in [2.24, 2.45) is 0 Å². The van der Waals surface area contributed by atoms with Gasteiger partial charge in [-0.25, -0.2) is 0 Å². The number of rotatable bonds is 6. The number of nitrogens with one attached hydrogen (secondary N) is 1. The molecule has 0 heterocycles. The number of halogens is 3. The van der Waals surface area contributed by atoms with E-state index in [2.05, 4.69) is 5.32 Å². The Morgan fingerprint density at radius 2 is 1.63 bits per heavy atom. The summed E-state index contributed by atoms with van der Waals surface area (Å²) in [4.78, 5) is 12.3. The number of nitrogens with zero attached hydrogens (tertiary/aromatic N) is 1. The molecule has 3 aromatic rings. The second-order valence-corrected chi connectivity index (χ2v) is 7.50. The maximum Gasteiger partial charge on any atom is 0.266 e. The molecule has 0 aromatic heterocycles. The molecule has 7 heteroatoms. The highest BCUT2D eigenvalue weighted by Crippen LogP contribution is 2.23. The Bertz CT molecular complexity index is 1120. The maximum absolute atomic E-state index is 12.3. The first-order chi connectivity index (χ1) is 14.4. The van der Waals surface area contributed by atoms with Crippen molar-refractivity contribution < 1.29 is 9.53 Å². The summed E-state index contributed by atoms with van der Waals surface area (Å²) in [6.07, 6.45) is 1.51. The highest BCUT2D eigenvalue weighted by Gasteiger charge is 2.10. The van der Waals surface area contributed by atoms with Crippen LogP contribution in [0, 0.1) is 11.3 Å². The predicted molar refractivity (Wildman–Crippen MR) is 121 cm³/mol. The van der Waals surface area contributed by atoms with Gasteiger partial charge in [0.1, 0.15) is 24.0 Å². The topological polar surface area (TPSA) is 62.1 Å². The van der Waals surface area contributed by atoms with Crippen molar-refractivity contribution in [2.45, 2.75) is 6.61 Å². The summed E-state index contributed by atoms with van der Waals surface area (Å²) >= 11 is 17.9. The maximum atomic E-state index is 12.3. The van der Waals surface area contributed by atoms with Gasteiger partial charge in [0, 0.05) is 26.3 Å². The minimum absolute atomic E-state index is 0.0217. The number of carbonyl (C=O) groups is 1. The number of nitriles is 1. The minimum Gasteiger partial charge on any atom is -0.489 e. The van der Waals surface area contributed by atoms with Gasteiger partial charge in [-0.3, -0.25) is 4.79 Å². The van der Waals surface area contributed by atoms with Crippen LogP contribution in [0.2, 0.25) is 15.1 Å². The highest BCUT2D eigenvalue weighted by atomic mass is 35.5. The molecule has 0 saturated heterocycles. The normalized spacial score (nSPS) is 10.9. The van der Waals surface area contributed by atoms with Crippen LogP contribution in [0.5, 0.6) is 5.75 Å². The van der Waals surface area contributed by atoms with Crippen LogP contribution in [0.3, 0.4) is 0 Å². The highest BCUT2D eigenvalue weighted by molar-refractivity contribution is 6.35. The molecule has 0 aliphatic rings. The zero-order valence-electron chi connectivity index (χ0n) is 15.5. The fraction of sp³-hybridized carbons (Fsp3) is 0.0435. The van der Waals surface area contributed by atoms with Gasteiger partial charge >= 0.3 is 0 Å². The van der Waals surface area contributed by atoms with Gasteiger partial charge in [0.05, 0.1) is 0 Å². The van der Waals surface area contributed by atoms with Gasteiger partial charge in [-0.15, -0.1) is 0 Å². The largest absolute Gasteiger partial charge is 0.489 e.